The van der Waals surface area contributed by atoms with E-state index in [2.05, 4.69) is 29.0 Å². The Kier molecular flexibility index (Phi) is 6.12. The lowest BCUT2D eigenvalue weighted by Crippen LogP contribution is -2.34. The average Bonchev–Trinajstić information content (AvgIpc) is 2.89. The first-order chi connectivity index (χ1) is 10.1. The van der Waals surface area contributed by atoms with Crippen LogP contribution in [-0.2, 0) is 0 Å². The second kappa shape index (κ2) is 7.85. The predicted octanol–water partition coefficient (Wildman–Crippen LogP) is 3.24. The van der Waals surface area contributed by atoms with E-state index in [9.17, 15) is 4.39 Å². The van der Waals surface area contributed by atoms with Crippen molar-refractivity contribution in [1.29, 1.82) is 0 Å². The van der Waals surface area contributed by atoms with Gasteiger partial charge < -0.3 is 10.2 Å². The van der Waals surface area contributed by atoms with E-state index in [4.69, 9.17) is 0 Å². The number of hydrogen-bond donors (Lipinski definition) is 1. The summed E-state index contributed by atoms with van der Waals surface area (Å²) in [5.41, 5.74) is 0.927. The fraction of sp³-hybridized carbons (Fsp3) is 0.706. The normalized spacial score (nSPS) is 22.4. The van der Waals surface area contributed by atoms with Crippen LogP contribution in [0, 0.1) is 17.7 Å². The maximum Gasteiger partial charge on any atom is 0.141 e. The number of pyridine rings is 1. The van der Waals surface area contributed by atoms with Crippen LogP contribution in [0.4, 0.5) is 4.39 Å². The van der Waals surface area contributed by atoms with Crippen LogP contribution in [0.3, 0.4) is 0 Å². The van der Waals surface area contributed by atoms with E-state index >= 15 is 0 Å². The van der Waals surface area contributed by atoms with Crippen molar-refractivity contribution < 1.29 is 4.39 Å². The molecule has 1 aromatic heterocycles. The van der Waals surface area contributed by atoms with Gasteiger partial charge >= 0.3 is 0 Å². The molecule has 1 N–H and O–H groups in total. The zero-order chi connectivity index (χ0) is 15.2. The minimum absolute atomic E-state index is 0.177. The molecule has 3 atom stereocenters. The molecular weight excluding hydrogens is 265 g/mol. The Labute approximate surface area is 127 Å². The van der Waals surface area contributed by atoms with Crippen molar-refractivity contribution in [3.8, 4) is 0 Å². The molecule has 0 radical (unpaired) electrons. The van der Waals surface area contributed by atoms with Gasteiger partial charge in [0, 0.05) is 13.1 Å². The van der Waals surface area contributed by atoms with Gasteiger partial charge in [0.05, 0.1) is 17.9 Å². The third-order valence-corrected chi connectivity index (χ3v) is 4.56. The Hall–Kier alpha value is -1.00. The summed E-state index contributed by atoms with van der Waals surface area (Å²) >= 11 is 0. The van der Waals surface area contributed by atoms with Crippen LogP contribution in [0.5, 0.6) is 0 Å². The second-order valence-electron chi connectivity index (χ2n) is 6.35. The molecule has 0 amide bonds. The molecule has 2 heterocycles. The Bertz CT molecular complexity index is 421. The van der Waals surface area contributed by atoms with Crippen molar-refractivity contribution in [3.05, 3.63) is 29.8 Å². The largest absolute Gasteiger partial charge is 0.311 e. The van der Waals surface area contributed by atoms with E-state index in [1.807, 2.05) is 7.05 Å². The molecule has 1 aliphatic rings. The summed E-state index contributed by atoms with van der Waals surface area (Å²) in [6.07, 6.45) is 5.27. The smallest absolute Gasteiger partial charge is 0.141 e. The summed E-state index contributed by atoms with van der Waals surface area (Å²) in [5, 5.41) is 3.34. The van der Waals surface area contributed by atoms with Crippen molar-refractivity contribution in [2.45, 2.75) is 39.2 Å². The first-order valence-electron chi connectivity index (χ1n) is 8.15. The molecule has 1 saturated heterocycles. The van der Waals surface area contributed by atoms with Crippen molar-refractivity contribution in [1.82, 2.24) is 15.2 Å². The van der Waals surface area contributed by atoms with Gasteiger partial charge in [-0.05, 0) is 50.4 Å². The van der Waals surface area contributed by atoms with Gasteiger partial charge in [-0.25, -0.2) is 4.39 Å². The molecule has 0 spiro atoms. The summed E-state index contributed by atoms with van der Waals surface area (Å²) in [6.45, 7) is 8.03. The monoisotopic (exact) mass is 293 g/mol. The molecule has 118 valence electrons. The maximum atomic E-state index is 13.0. The highest BCUT2D eigenvalue weighted by atomic mass is 19.1. The molecule has 21 heavy (non-hydrogen) atoms. The van der Waals surface area contributed by atoms with E-state index in [0.717, 1.165) is 18.2 Å². The fourth-order valence-electron chi connectivity index (χ4n) is 3.53. The number of halogens is 1. The van der Waals surface area contributed by atoms with E-state index in [1.165, 1.54) is 44.6 Å². The van der Waals surface area contributed by atoms with Gasteiger partial charge in [-0.15, -0.1) is 0 Å². The molecule has 1 fully saturated rings. The molecule has 0 aromatic carbocycles. The third-order valence-electron chi connectivity index (χ3n) is 4.56. The summed E-state index contributed by atoms with van der Waals surface area (Å²) in [7, 11) is 1.95. The lowest BCUT2D eigenvalue weighted by atomic mass is 9.97. The third kappa shape index (κ3) is 4.48. The Morgan fingerprint density at radius 3 is 2.90 bits per heavy atom. The highest BCUT2D eigenvalue weighted by Crippen LogP contribution is 2.25. The molecule has 1 aliphatic heterocycles. The number of likely N-dealkylation sites (tertiary alicyclic amines) is 1. The average molecular weight is 293 g/mol. The molecule has 3 unspecified atom stereocenters. The Morgan fingerprint density at radius 2 is 2.29 bits per heavy atom. The number of hydrogen-bond acceptors (Lipinski definition) is 3. The van der Waals surface area contributed by atoms with Crippen molar-refractivity contribution in [2.75, 3.05) is 26.7 Å². The lowest BCUT2D eigenvalue weighted by Gasteiger charge is -2.27. The minimum Gasteiger partial charge on any atom is -0.311 e. The van der Waals surface area contributed by atoms with Crippen LogP contribution >= 0.6 is 0 Å². The van der Waals surface area contributed by atoms with Crippen LogP contribution in [0.25, 0.3) is 0 Å². The zero-order valence-electron chi connectivity index (χ0n) is 13.5. The van der Waals surface area contributed by atoms with Crippen LogP contribution in [0.2, 0.25) is 0 Å². The van der Waals surface area contributed by atoms with Gasteiger partial charge in [-0.3, -0.25) is 4.98 Å². The quantitative estimate of drug-likeness (QED) is 0.836. The van der Waals surface area contributed by atoms with Gasteiger partial charge in [-0.2, -0.15) is 0 Å². The van der Waals surface area contributed by atoms with Crippen molar-refractivity contribution in [3.63, 3.8) is 0 Å². The summed E-state index contributed by atoms with van der Waals surface area (Å²) in [6, 6.07) is 3.46. The maximum absolute atomic E-state index is 13.0. The number of rotatable bonds is 7. The highest BCUT2D eigenvalue weighted by molar-refractivity contribution is 5.11. The summed E-state index contributed by atoms with van der Waals surface area (Å²) < 4.78 is 13.0. The van der Waals surface area contributed by atoms with E-state index in [0.29, 0.717) is 5.92 Å². The van der Waals surface area contributed by atoms with Crippen LogP contribution in [0.15, 0.2) is 18.3 Å². The molecule has 1 aromatic rings. The summed E-state index contributed by atoms with van der Waals surface area (Å²) in [5.74, 6) is 1.05. The van der Waals surface area contributed by atoms with Crippen LogP contribution in [-0.4, -0.2) is 36.6 Å². The highest BCUT2D eigenvalue weighted by Gasteiger charge is 2.26. The fourth-order valence-corrected chi connectivity index (χ4v) is 3.53. The molecule has 3 nitrogen and oxygen atoms in total. The van der Waals surface area contributed by atoms with Crippen LogP contribution < -0.4 is 5.32 Å². The molecule has 2 rings (SSSR count). The van der Waals surface area contributed by atoms with Gasteiger partial charge in [-0.1, -0.05) is 20.3 Å². The van der Waals surface area contributed by atoms with Crippen molar-refractivity contribution >= 4 is 0 Å². The van der Waals surface area contributed by atoms with Gasteiger partial charge in [0.15, 0.2) is 0 Å². The van der Waals surface area contributed by atoms with E-state index < -0.39 is 0 Å². The standard InChI is InChI=1S/C17H28FN3/c1-4-5-14-8-9-21(12-14)11-13(2)17(19-3)16-7-6-15(18)10-20-16/h6-7,10,13-14,17,19H,4-5,8-9,11-12H2,1-3H3. The van der Waals surface area contributed by atoms with Crippen LogP contribution in [0.1, 0.15) is 44.8 Å². The van der Waals surface area contributed by atoms with Gasteiger partial charge in [0.2, 0.25) is 0 Å². The predicted molar refractivity (Wildman–Crippen MR) is 84.6 cm³/mol. The SMILES string of the molecule is CCCC1CCN(CC(C)C(NC)c2ccc(F)cn2)C1. The zero-order valence-corrected chi connectivity index (χ0v) is 13.5. The summed E-state index contributed by atoms with van der Waals surface area (Å²) in [4.78, 5) is 6.80. The minimum atomic E-state index is -0.275. The molecule has 0 saturated carbocycles. The Balaban J connectivity index is 1.91. The molecular formula is C17H28FN3. The van der Waals surface area contributed by atoms with Crippen molar-refractivity contribution in [2.24, 2.45) is 11.8 Å². The molecule has 0 bridgehead atoms. The number of aromatic nitrogens is 1. The van der Waals surface area contributed by atoms with Gasteiger partial charge in [0.25, 0.3) is 0 Å². The van der Waals surface area contributed by atoms with Gasteiger partial charge in [0.1, 0.15) is 5.82 Å². The molecule has 4 heteroatoms. The topological polar surface area (TPSA) is 28.2 Å². The Morgan fingerprint density at radius 1 is 1.48 bits per heavy atom. The number of nitrogens with one attached hydrogen (secondary N) is 1. The van der Waals surface area contributed by atoms with E-state index in [1.54, 1.807) is 6.07 Å². The first kappa shape index (κ1) is 16.4. The second-order valence-corrected chi connectivity index (χ2v) is 6.35. The number of nitrogens with zero attached hydrogens (tertiary/aromatic N) is 2. The lowest BCUT2D eigenvalue weighted by molar-refractivity contribution is 0.242. The molecule has 0 aliphatic carbocycles. The van der Waals surface area contributed by atoms with E-state index in [-0.39, 0.29) is 11.9 Å². The first-order valence-corrected chi connectivity index (χ1v) is 8.15.